The summed E-state index contributed by atoms with van der Waals surface area (Å²) >= 11 is 0. The Bertz CT molecular complexity index is 298. The molecule has 0 saturated carbocycles. The van der Waals surface area contributed by atoms with Crippen LogP contribution in [0.4, 0.5) is 0 Å². The minimum absolute atomic E-state index is 0. The molecule has 0 aromatic rings. The Kier molecular flexibility index (Phi) is 6.88. The first-order valence-corrected chi connectivity index (χ1v) is 5.60. The van der Waals surface area contributed by atoms with Crippen LogP contribution >= 0.6 is 0 Å². The molecule has 10 heteroatoms. The van der Waals surface area contributed by atoms with Crippen LogP contribution in [0.15, 0.2) is 0 Å². The molecule has 1 saturated heterocycles. The zero-order valence-electron chi connectivity index (χ0n) is 8.61. The van der Waals surface area contributed by atoms with E-state index < -0.39 is 41.5 Å². The number of nitrogens with one attached hydrogen (secondary N) is 1. The van der Waals surface area contributed by atoms with Crippen LogP contribution in [0.2, 0.25) is 0 Å². The van der Waals surface area contributed by atoms with Gasteiger partial charge < -0.3 is 24.6 Å². The smallest absolute Gasteiger partial charge is 0.735 e. The Labute approximate surface area is 115 Å². The van der Waals surface area contributed by atoms with E-state index in [2.05, 4.69) is 0 Å². The normalized spacial score (nSPS) is 35.5. The zero-order chi connectivity index (χ0) is 11.6. The second kappa shape index (κ2) is 6.59. The zero-order valence-corrected chi connectivity index (χ0v) is 11.4. The van der Waals surface area contributed by atoms with Crippen LogP contribution in [-0.2, 0) is 15.0 Å². The summed E-state index contributed by atoms with van der Waals surface area (Å²) in [7, 11) is -4.78. The molecule has 1 aliphatic rings. The maximum Gasteiger partial charge on any atom is 1.00 e. The molecule has 4 atom stereocenters. The third-order valence-corrected chi connectivity index (χ3v) is 2.60. The summed E-state index contributed by atoms with van der Waals surface area (Å²) in [6, 6.07) is -1.41. The van der Waals surface area contributed by atoms with Crippen LogP contribution in [0.25, 0.3) is 0 Å². The molecule has 1 aliphatic heterocycles. The first-order chi connectivity index (χ1) is 6.83. The number of aliphatic hydroxyl groups excluding tert-OH is 3. The number of ether oxygens (including phenoxy) is 1. The largest absolute Gasteiger partial charge is 1.00 e. The van der Waals surface area contributed by atoms with Gasteiger partial charge in [0.25, 0.3) is 0 Å². The van der Waals surface area contributed by atoms with Crippen molar-refractivity contribution in [3.8, 4) is 0 Å². The van der Waals surface area contributed by atoms with Crippen molar-refractivity contribution in [3.63, 3.8) is 0 Å². The molecule has 0 aliphatic carbocycles. The fraction of sp³-hybridized carbons (Fsp3) is 1.00. The van der Waals surface area contributed by atoms with Gasteiger partial charge in [-0.1, -0.05) is 0 Å². The first kappa shape index (κ1) is 16.7. The first-order valence-electron chi connectivity index (χ1n) is 4.19. The van der Waals surface area contributed by atoms with Crippen molar-refractivity contribution in [2.24, 2.45) is 0 Å². The fourth-order valence-electron chi connectivity index (χ4n) is 1.36. The van der Waals surface area contributed by atoms with Gasteiger partial charge in [-0.05, 0) is 0 Å². The van der Waals surface area contributed by atoms with Crippen LogP contribution in [0.3, 0.4) is 0 Å². The van der Waals surface area contributed by atoms with Gasteiger partial charge in [0, 0.05) is 6.42 Å². The molecule has 0 amide bonds. The predicted molar refractivity (Wildman–Crippen MR) is 45.2 cm³/mol. The molecule has 0 radical (unpaired) electrons. The van der Waals surface area contributed by atoms with E-state index in [1.54, 1.807) is 0 Å². The van der Waals surface area contributed by atoms with Crippen molar-refractivity contribution in [3.05, 3.63) is 0 Å². The molecule has 2 unspecified atom stereocenters. The molecule has 90 valence electrons. The third-order valence-electron chi connectivity index (χ3n) is 2.04. The quantitative estimate of drug-likeness (QED) is 0.294. The van der Waals surface area contributed by atoms with Crippen LogP contribution in [0, 0.1) is 0 Å². The molecular weight excluding hydrogens is 253 g/mol. The molecule has 8 nitrogen and oxygen atoms in total. The maximum atomic E-state index is 10.3. The summed E-state index contributed by atoms with van der Waals surface area (Å²) in [5, 5.41) is 27.3. The van der Waals surface area contributed by atoms with E-state index in [9.17, 15) is 23.2 Å². The van der Waals surface area contributed by atoms with Gasteiger partial charge in [0.05, 0.1) is 24.9 Å². The van der Waals surface area contributed by atoms with E-state index in [4.69, 9.17) is 9.84 Å². The van der Waals surface area contributed by atoms with Gasteiger partial charge in [-0.2, -0.15) is 0 Å². The molecular formula is C6H12NNaO7S. The minimum atomic E-state index is -4.78. The molecule has 0 aromatic heterocycles. The van der Waals surface area contributed by atoms with Crippen molar-refractivity contribution in [1.29, 1.82) is 0 Å². The van der Waals surface area contributed by atoms with E-state index in [0.29, 0.717) is 0 Å². The number of aliphatic hydroxyl groups is 3. The fourth-order valence-corrected chi connectivity index (χ4v) is 1.97. The maximum absolute atomic E-state index is 10.3. The summed E-state index contributed by atoms with van der Waals surface area (Å²) in [5.41, 5.74) is 0. The van der Waals surface area contributed by atoms with Gasteiger partial charge in [0.15, 0.2) is 16.6 Å². The van der Waals surface area contributed by atoms with Crippen LogP contribution < -0.4 is 34.3 Å². The SMILES string of the molecule is O=S(=O)([O-])NC1[C@H](O)CC(CO)O[C@H]1O.[Na+]. The van der Waals surface area contributed by atoms with E-state index in [1.807, 2.05) is 0 Å². The Morgan fingerprint density at radius 1 is 1.44 bits per heavy atom. The standard InChI is InChI=1S/C6H13NO7S.Na/c8-2-3-1-4(9)5(6(10)14-3)7-15(11,12)13;/h3-10H,1-2H2,(H,11,12,13);/q;+1/p-1/t3?,4-,5?,6-;/m1./s1. The second-order valence-corrected chi connectivity index (χ2v) is 4.38. The number of rotatable bonds is 3. The Morgan fingerprint density at radius 2 is 2.00 bits per heavy atom. The number of hydrogen-bond acceptors (Lipinski definition) is 7. The van der Waals surface area contributed by atoms with Crippen LogP contribution in [-0.4, -0.2) is 59.4 Å². The van der Waals surface area contributed by atoms with E-state index in [1.165, 1.54) is 4.72 Å². The summed E-state index contributed by atoms with van der Waals surface area (Å²) in [5.74, 6) is 0. The molecule has 0 spiro atoms. The molecule has 4 N–H and O–H groups in total. The van der Waals surface area contributed by atoms with E-state index >= 15 is 0 Å². The summed E-state index contributed by atoms with van der Waals surface area (Å²) in [4.78, 5) is 0. The Hall–Kier alpha value is 0.710. The topological polar surface area (TPSA) is 139 Å². The average Bonchev–Trinajstić information content (AvgIpc) is 2.09. The van der Waals surface area contributed by atoms with E-state index in [-0.39, 0.29) is 36.0 Å². The summed E-state index contributed by atoms with van der Waals surface area (Å²) < 4.78 is 37.3. The molecule has 1 heterocycles. The van der Waals surface area contributed by atoms with Crippen molar-refractivity contribution >= 4 is 10.3 Å². The Balaban J connectivity index is 0.00000225. The van der Waals surface area contributed by atoms with Gasteiger partial charge in [0.2, 0.25) is 0 Å². The minimum Gasteiger partial charge on any atom is -0.735 e. The van der Waals surface area contributed by atoms with Crippen molar-refractivity contribution < 1.29 is 62.6 Å². The van der Waals surface area contributed by atoms with Crippen LogP contribution in [0.1, 0.15) is 6.42 Å². The van der Waals surface area contributed by atoms with E-state index in [0.717, 1.165) is 0 Å². The molecule has 1 rings (SSSR count). The Morgan fingerprint density at radius 3 is 2.38 bits per heavy atom. The molecule has 0 bridgehead atoms. The van der Waals surface area contributed by atoms with Gasteiger partial charge >= 0.3 is 29.6 Å². The summed E-state index contributed by atoms with van der Waals surface area (Å²) in [6.45, 7) is -0.412. The van der Waals surface area contributed by atoms with Gasteiger partial charge in [-0.3, -0.25) is 0 Å². The second-order valence-electron chi connectivity index (χ2n) is 3.23. The van der Waals surface area contributed by atoms with Crippen molar-refractivity contribution in [2.75, 3.05) is 6.61 Å². The average molecular weight is 265 g/mol. The van der Waals surface area contributed by atoms with Crippen molar-refractivity contribution in [2.45, 2.75) is 31.0 Å². The molecule has 1 fully saturated rings. The monoisotopic (exact) mass is 265 g/mol. The number of hydrogen-bond donors (Lipinski definition) is 4. The van der Waals surface area contributed by atoms with Gasteiger partial charge in [-0.25, -0.2) is 13.1 Å². The van der Waals surface area contributed by atoms with Crippen LogP contribution in [0.5, 0.6) is 0 Å². The van der Waals surface area contributed by atoms with Gasteiger partial charge in [0.1, 0.15) is 0 Å². The third kappa shape index (κ3) is 4.92. The summed E-state index contributed by atoms with van der Waals surface area (Å²) in [6.07, 6.45) is -3.78. The predicted octanol–water partition coefficient (Wildman–Crippen LogP) is -6.13. The molecule has 0 aromatic carbocycles. The van der Waals surface area contributed by atoms with Gasteiger partial charge in [-0.15, -0.1) is 0 Å². The van der Waals surface area contributed by atoms with Crippen molar-refractivity contribution in [1.82, 2.24) is 4.72 Å². The molecule has 16 heavy (non-hydrogen) atoms.